The SMILES string of the molecule is Cc1ccc(OCCCC(C)(C#N)NC2CC2)cc1. The molecule has 1 aromatic carbocycles. The van der Waals surface area contributed by atoms with Crippen LogP contribution in [-0.2, 0) is 0 Å². The van der Waals surface area contributed by atoms with Gasteiger partial charge in [-0.3, -0.25) is 5.32 Å². The molecule has 0 aromatic heterocycles. The Morgan fingerprint density at radius 1 is 1.37 bits per heavy atom. The first kappa shape index (κ1) is 13.9. The molecule has 0 aliphatic heterocycles. The van der Waals surface area contributed by atoms with Crippen molar-refractivity contribution in [2.75, 3.05) is 6.61 Å². The van der Waals surface area contributed by atoms with Crippen molar-refractivity contribution in [3.63, 3.8) is 0 Å². The van der Waals surface area contributed by atoms with Crippen LogP contribution in [0.25, 0.3) is 0 Å². The molecule has 0 radical (unpaired) electrons. The van der Waals surface area contributed by atoms with Gasteiger partial charge in [0.25, 0.3) is 0 Å². The van der Waals surface area contributed by atoms with E-state index in [1.807, 2.05) is 31.2 Å². The van der Waals surface area contributed by atoms with Gasteiger partial charge in [0.1, 0.15) is 11.3 Å². The van der Waals surface area contributed by atoms with E-state index in [1.165, 1.54) is 18.4 Å². The number of aryl methyl sites for hydroxylation is 1. The number of rotatable bonds is 7. The summed E-state index contributed by atoms with van der Waals surface area (Å²) in [4.78, 5) is 0. The fourth-order valence-electron chi connectivity index (χ4n) is 2.09. The molecule has 0 amide bonds. The maximum Gasteiger partial charge on any atom is 0.119 e. The van der Waals surface area contributed by atoms with Crippen molar-refractivity contribution in [2.24, 2.45) is 0 Å². The van der Waals surface area contributed by atoms with Crippen molar-refractivity contribution in [3.8, 4) is 11.8 Å². The minimum atomic E-state index is -0.405. The smallest absolute Gasteiger partial charge is 0.119 e. The largest absolute Gasteiger partial charge is 0.494 e. The summed E-state index contributed by atoms with van der Waals surface area (Å²) in [6.45, 7) is 4.70. The zero-order chi connectivity index (χ0) is 13.7. The average molecular weight is 258 g/mol. The van der Waals surface area contributed by atoms with Gasteiger partial charge in [-0.1, -0.05) is 17.7 Å². The summed E-state index contributed by atoms with van der Waals surface area (Å²) >= 11 is 0. The molecule has 0 saturated heterocycles. The Labute approximate surface area is 115 Å². The van der Waals surface area contributed by atoms with Gasteiger partial charge >= 0.3 is 0 Å². The summed E-state index contributed by atoms with van der Waals surface area (Å²) in [5.41, 5.74) is 0.829. The molecule has 19 heavy (non-hydrogen) atoms. The Morgan fingerprint density at radius 2 is 2.05 bits per heavy atom. The molecule has 1 unspecified atom stereocenters. The molecule has 1 saturated carbocycles. The Hall–Kier alpha value is -1.53. The molecular formula is C16H22N2O. The van der Waals surface area contributed by atoms with Crippen LogP contribution in [0.3, 0.4) is 0 Å². The third-order valence-electron chi connectivity index (χ3n) is 3.46. The van der Waals surface area contributed by atoms with Crippen molar-refractivity contribution in [1.29, 1.82) is 5.26 Å². The Morgan fingerprint density at radius 3 is 2.63 bits per heavy atom. The van der Waals surface area contributed by atoms with Crippen molar-refractivity contribution in [2.45, 2.75) is 51.1 Å². The monoisotopic (exact) mass is 258 g/mol. The summed E-state index contributed by atoms with van der Waals surface area (Å²) in [6, 6.07) is 11.0. The van der Waals surface area contributed by atoms with Gasteiger partial charge in [0.2, 0.25) is 0 Å². The first-order valence-corrected chi connectivity index (χ1v) is 7.00. The lowest BCUT2D eigenvalue weighted by molar-refractivity contribution is 0.284. The van der Waals surface area contributed by atoms with E-state index in [2.05, 4.69) is 18.3 Å². The normalized spacial score (nSPS) is 17.5. The van der Waals surface area contributed by atoms with E-state index in [0.717, 1.165) is 18.6 Å². The zero-order valence-electron chi connectivity index (χ0n) is 11.8. The van der Waals surface area contributed by atoms with Gasteiger partial charge in [0.15, 0.2) is 0 Å². The summed E-state index contributed by atoms with van der Waals surface area (Å²) in [5.74, 6) is 0.902. The van der Waals surface area contributed by atoms with E-state index in [4.69, 9.17) is 4.74 Å². The maximum absolute atomic E-state index is 9.26. The molecule has 0 bridgehead atoms. The van der Waals surface area contributed by atoms with Crippen LogP contribution in [-0.4, -0.2) is 18.2 Å². The second-order valence-electron chi connectivity index (χ2n) is 5.63. The fourth-order valence-corrected chi connectivity index (χ4v) is 2.09. The van der Waals surface area contributed by atoms with Crippen LogP contribution in [0.5, 0.6) is 5.75 Å². The van der Waals surface area contributed by atoms with Crippen LogP contribution in [0.1, 0.15) is 38.2 Å². The lowest BCUT2D eigenvalue weighted by Crippen LogP contribution is -2.42. The van der Waals surface area contributed by atoms with Crippen molar-refractivity contribution < 1.29 is 4.74 Å². The molecule has 102 valence electrons. The van der Waals surface area contributed by atoms with Crippen molar-refractivity contribution in [1.82, 2.24) is 5.32 Å². The number of benzene rings is 1. The highest BCUT2D eigenvalue weighted by Gasteiger charge is 2.31. The molecule has 0 heterocycles. The third-order valence-corrected chi connectivity index (χ3v) is 3.46. The molecule has 1 N–H and O–H groups in total. The van der Waals surface area contributed by atoms with Gasteiger partial charge in [0, 0.05) is 6.04 Å². The molecule has 3 nitrogen and oxygen atoms in total. The van der Waals surface area contributed by atoms with Crippen LogP contribution in [0.2, 0.25) is 0 Å². The first-order valence-electron chi connectivity index (χ1n) is 7.00. The van der Waals surface area contributed by atoms with E-state index < -0.39 is 5.54 Å². The predicted molar refractivity (Wildman–Crippen MR) is 76.1 cm³/mol. The van der Waals surface area contributed by atoms with Gasteiger partial charge in [-0.2, -0.15) is 5.26 Å². The number of ether oxygens (including phenoxy) is 1. The summed E-state index contributed by atoms with van der Waals surface area (Å²) < 4.78 is 5.68. The van der Waals surface area contributed by atoms with Crippen molar-refractivity contribution >= 4 is 0 Å². The number of nitriles is 1. The van der Waals surface area contributed by atoms with Crippen LogP contribution < -0.4 is 10.1 Å². The second kappa shape index (κ2) is 6.08. The lowest BCUT2D eigenvalue weighted by atomic mass is 9.98. The van der Waals surface area contributed by atoms with E-state index in [1.54, 1.807) is 0 Å². The minimum absolute atomic E-state index is 0.405. The number of hydrogen-bond acceptors (Lipinski definition) is 3. The quantitative estimate of drug-likeness (QED) is 0.764. The van der Waals surface area contributed by atoms with Gasteiger partial charge < -0.3 is 4.74 Å². The summed E-state index contributed by atoms with van der Waals surface area (Å²) in [7, 11) is 0. The first-order chi connectivity index (χ1) is 9.11. The van der Waals surface area contributed by atoms with E-state index >= 15 is 0 Å². The van der Waals surface area contributed by atoms with E-state index in [-0.39, 0.29) is 0 Å². The van der Waals surface area contributed by atoms with Crippen LogP contribution >= 0.6 is 0 Å². The maximum atomic E-state index is 9.26. The minimum Gasteiger partial charge on any atom is -0.494 e. The highest BCUT2D eigenvalue weighted by molar-refractivity contribution is 5.26. The fraction of sp³-hybridized carbons (Fsp3) is 0.562. The van der Waals surface area contributed by atoms with Gasteiger partial charge in [0.05, 0.1) is 12.7 Å². The number of nitrogens with zero attached hydrogens (tertiary/aromatic N) is 1. The third kappa shape index (κ3) is 4.57. The molecule has 1 atom stereocenters. The van der Waals surface area contributed by atoms with Gasteiger partial charge in [-0.15, -0.1) is 0 Å². The Kier molecular flexibility index (Phi) is 4.44. The van der Waals surface area contributed by atoms with Gasteiger partial charge in [-0.25, -0.2) is 0 Å². The molecule has 1 aliphatic carbocycles. The standard InChI is InChI=1S/C16H22N2O/c1-13-4-8-15(9-5-13)19-11-3-10-16(2,12-17)18-14-6-7-14/h4-5,8-9,14,18H,3,6-7,10-11H2,1-2H3. The molecule has 1 aliphatic rings. The summed E-state index contributed by atoms with van der Waals surface area (Å²) in [5, 5.41) is 12.7. The highest BCUT2D eigenvalue weighted by Crippen LogP contribution is 2.24. The number of hydrogen-bond donors (Lipinski definition) is 1. The molecule has 1 fully saturated rings. The molecular weight excluding hydrogens is 236 g/mol. The van der Waals surface area contributed by atoms with E-state index in [9.17, 15) is 5.26 Å². The summed E-state index contributed by atoms with van der Waals surface area (Å²) in [6.07, 6.45) is 4.12. The Balaban J connectivity index is 1.70. The predicted octanol–water partition coefficient (Wildman–Crippen LogP) is 3.19. The van der Waals surface area contributed by atoms with E-state index in [0.29, 0.717) is 12.6 Å². The topological polar surface area (TPSA) is 45.0 Å². The van der Waals surface area contributed by atoms with Gasteiger partial charge in [-0.05, 0) is 51.7 Å². The van der Waals surface area contributed by atoms with Crippen LogP contribution in [0.15, 0.2) is 24.3 Å². The zero-order valence-corrected chi connectivity index (χ0v) is 11.8. The molecule has 1 aromatic rings. The highest BCUT2D eigenvalue weighted by atomic mass is 16.5. The van der Waals surface area contributed by atoms with Crippen LogP contribution in [0.4, 0.5) is 0 Å². The molecule has 2 rings (SSSR count). The number of nitrogens with one attached hydrogen (secondary N) is 1. The molecule has 3 heteroatoms. The average Bonchev–Trinajstić information content (AvgIpc) is 3.21. The second-order valence-corrected chi connectivity index (χ2v) is 5.63. The molecule has 0 spiro atoms. The van der Waals surface area contributed by atoms with Crippen LogP contribution in [0, 0.1) is 18.3 Å². The Bertz CT molecular complexity index is 445. The lowest BCUT2D eigenvalue weighted by Gasteiger charge is -2.23. The van der Waals surface area contributed by atoms with Crippen molar-refractivity contribution in [3.05, 3.63) is 29.8 Å².